The number of rotatable bonds is 3. The Labute approximate surface area is 173 Å². The summed E-state index contributed by atoms with van der Waals surface area (Å²) in [5.74, 6) is 0.458. The Morgan fingerprint density at radius 3 is 2.63 bits per heavy atom. The molecule has 2 aromatic heterocycles. The number of anilines is 1. The fourth-order valence-electron chi connectivity index (χ4n) is 3.25. The van der Waals surface area contributed by atoms with Crippen LogP contribution < -0.4 is 10.5 Å². The zero-order valence-electron chi connectivity index (χ0n) is 17.4. The molecule has 0 atom stereocenters. The van der Waals surface area contributed by atoms with E-state index in [1.807, 2.05) is 58.0 Å². The average molecular weight is 405 g/mol. The van der Waals surface area contributed by atoms with Crippen molar-refractivity contribution in [3.8, 4) is 11.4 Å². The quantitative estimate of drug-likeness (QED) is 0.479. The van der Waals surface area contributed by atoms with Crippen LogP contribution in [0.15, 0.2) is 57.7 Å². The van der Waals surface area contributed by atoms with Gasteiger partial charge < -0.3 is 14.1 Å². The fourth-order valence-corrected chi connectivity index (χ4v) is 3.25. The van der Waals surface area contributed by atoms with Crippen LogP contribution in [0.25, 0.3) is 33.4 Å². The Morgan fingerprint density at radius 1 is 1.17 bits per heavy atom. The standard InChI is InChI=1S/C23H23N3O4/c1-5-26(22(28)30-23(2,3)4)15-11-10-14-12-16(21(27)29-19(14)13-15)20-24-17-8-6-7-9-18(17)25-20/h6-13H,5H2,1-4H3,(H,24,25). The molecule has 1 N–H and O–H groups in total. The summed E-state index contributed by atoms with van der Waals surface area (Å²) in [6, 6.07) is 14.6. The second-order valence-corrected chi connectivity index (χ2v) is 8.00. The summed E-state index contributed by atoms with van der Waals surface area (Å²) in [4.78, 5) is 34.3. The van der Waals surface area contributed by atoms with E-state index in [9.17, 15) is 9.59 Å². The molecule has 0 aliphatic rings. The first-order chi connectivity index (χ1) is 14.2. The molecule has 0 saturated carbocycles. The summed E-state index contributed by atoms with van der Waals surface area (Å²) in [6.45, 7) is 7.73. The average Bonchev–Trinajstić information content (AvgIpc) is 3.10. The Hall–Kier alpha value is -3.61. The maximum Gasteiger partial charge on any atom is 0.414 e. The van der Waals surface area contributed by atoms with E-state index in [-0.39, 0.29) is 0 Å². The van der Waals surface area contributed by atoms with Crippen LogP contribution >= 0.6 is 0 Å². The van der Waals surface area contributed by atoms with Gasteiger partial charge in [0, 0.05) is 18.0 Å². The van der Waals surface area contributed by atoms with E-state index in [4.69, 9.17) is 9.15 Å². The van der Waals surface area contributed by atoms with Crippen LogP contribution in [0.2, 0.25) is 0 Å². The third-order valence-corrected chi connectivity index (χ3v) is 4.61. The highest BCUT2D eigenvalue weighted by Crippen LogP contribution is 2.26. The molecule has 0 aliphatic heterocycles. The molecule has 0 spiro atoms. The van der Waals surface area contributed by atoms with E-state index >= 15 is 0 Å². The van der Waals surface area contributed by atoms with Crippen molar-refractivity contribution in [1.29, 1.82) is 0 Å². The molecule has 2 aromatic carbocycles. The number of ether oxygens (including phenoxy) is 1. The molecule has 7 heteroatoms. The summed E-state index contributed by atoms with van der Waals surface area (Å²) < 4.78 is 11.0. The molecule has 0 saturated heterocycles. The van der Waals surface area contributed by atoms with Crippen LogP contribution in [0.3, 0.4) is 0 Å². The molecule has 7 nitrogen and oxygen atoms in total. The number of amides is 1. The second-order valence-electron chi connectivity index (χ2n) is 8.00. The lowest BCUT2D eigenvalue weighted by Crippen LogP contribution is -2.36. The van der Waals surface area contributed by atoms with Crippen LogP contribution in [0, 0.1) is 0 Å². The number of nitrogens with one attached hydrogen (secondary N) is 1. The summed E-state index contributed by atoms with van der Waals surface area (Å²) >= 11 is 0. The number of benzene rings is 2. The Kier molecular flexibility index (Phi) is 4.81. The van der Waals surface area contributed by atoms with Crippen LogP contribution in [0.5, 0.6) is 0 Å². The van der Waals surface area contributed by atoms with Gasteiger partial charge in [-0.2, -0.15) is 0 Å². The van der Waals surface area contributed by atoms with E-state index < -0.39 is 17.3 Å². The van der Waals surface area contributed by atoms with Gasteiger partial charge in [0.15, 0.2) is 0 Å². The molecule has 4 aromatic rings. The predicted octanol–water partition coefficient (Wildman–Crippen LogP) is 5.10. The zero-order valence-corrected chi connectivity index (χ0v) is 17.4. The van der Waals surface area contributed by atoms with Gasteiger partial charge in [-0.15, -0.1) is 0 Å². The van der Waals surface area contributed by atoms with Crippen molar-refractivity contribution in [2.24, 2.45) is 0 Å². The molecule has 0 fully saturated rings. The van der Waals surface area contributed by atoms with E-state index in [1.54, 1.807) is 18.2 Å². The number of aromatic amines is 1. The fraction of sp³-hybridized carbons (Fsp3) is 0.261. The molecule has 0 unspecified atom stereocenters. The Bertz CT molecular complexity index is 1260. The molecule has 30 heavy (non-hydrogen) atoms. The normalized spacial score (nSPS) is 11.7. The number of nitrogens with zero attached hydrogens (tertiary/aromatic N) is 2. The number of carbonyl (C=O) groups is 1. The van der Waals surface area contributed by atoms with E-state index in [0.29, 0.717) is 29.2 Å². The summed E-state index contributed by atoms with van der Waals surface area (Å²) in [7, 11) is 0. The number of carbonyl (C=O) groups excluding carboxylic acids is 1. The first-order valence-electron chi connectivity index (χ1n) is 9.79. The van der Waals surface area contributed by atoms with Crippen LogP contribution in [0.1, 0.15) is 27.7 Å². The number of hydrogen-bond acceptors (Lipinski definition) is 5. The summed E-state index contributed by atoms with van der Waals surface area (Å²) in [5, 5.41) is 0.731. The SMILES string of the molecule is CCN(C(=O)OC(C)(C)C)c1ccc2cc(-c3nc4ccccc4[nH]3)c(=O)oc2c1. The molecule has 0 bridgehead atoms. The number of H-pyrrole nitrogens is 1. The zero-order chi connectivity index (χ0) is 21.5. The maximum absolute atomic E-state index is 12.7. The van der Waals surface area contributed by atoms with Gasteiger partial charge in [-0.3, -0.25) is 4.90 Å². The first kappa shape index (κ1) is 19.7. The minimum absolute atomic E-state index is 0.353. The molecule has 154 valence electrons. The van der Waals surface area contributed by atoms with Crippen LogP contribution in [0.4, 0.5) is 10.5 Å². The lowest BCUT2D eigenvalue weighted by molar-refractivity contribution is 0.0582. The lowest BCUT2D eigenvalue weighted by atomic mass is 10.1. The van der Waals surface area contributed by atoms with Gasteiger partial charge in [0.25, 0.3) is 0 Å². The smallest absolute Gasteiger partial charge is 0.414 e. The van der Waals surface area contributed by atoms with E-state index in [2.05, 4.69) is 9.97 Å². The maximum atomic E-state index is 12.7. The van der Waals surface area contributed by atoms with Crippen LogP contribution in [-0.2, 0) is 4.74 Å². The Morgan fingerprint density at radius 2 is 1.93 bits per heavy atom. The molecule has 1 amide bonds. The minimum atomic E-state index is -0.602. The number of para-hydroxylation sites is 2. The van der Waals surface area contributed by atoms with Gasteiger partial charge in [-0.05, 0) is 58.0 Å². The highest BCUT2D eigenvalue weighted by Gasteiger charge is 2.23. The predicted molar refractivity (Wildman–Crippen MR) is 117 cm³/mol. The molecular weight excluding hydrogens is 382 g/mol. The summed E-state index contributed by atoms with van der Waals surface area (Å²) in [6.07, 6.45) is -0.453. The second kappa shape index (κ2) is 7.33. The number of hydrogen-bond donors (Lipinski definition) is 1. The molecular formula is C23H23N3O4. The van der Waals surface area contributed by atoms with E-state index in [0.717, 1.165) is 16.4 Å². The monoisotopic (exact) mass is 405 g/mol. The van der Waals surface area contributed by atoms with Crippen molar-refractivity contribution in [2.45, 2.75) is 33.3 Å². The topological polar surface area (TPSA) is 88.4 Å². The third-order valence-electron chi connectivity index (χ3n) is 4.61. The van der Waals surface area contributed by atoms with Crippen molar-refractivity contribution < 1.29 is 13.9 Å². The number of imidazole rings is 1. The molecule has 4 rings (SSSR count). The highest BCUT2D eigenvalue weighted by molar-refractivity contribution is 5.92. The lowest BCUT2D eigenvalue weighted by Gasteiger charge is -2.26. The first-order valence-corrected chi connectivity index (χ1v) is 9.79. The Balaban J connectivity index is 1.73. The van der Waals surface area contributed by atoms with Gasteiger partial charge in [-0.25, -0.2) is 14.6 Å². The number of aromatic nitrogens is 2. The van der Waals surface area contributed by atoms with Crippen molar-refractivity contribution in [1.82, 2.24) is 9.97 Å². The van der Waals surface area contributed by atoms with Gasteiger partial charge in [-0.1, -0.05) is 12.1 Å². The van der Waals surface area contributed by atoms with E-state index in [1.165, 1.54) is 4.90 Å². The summed E-state index contributed by atoms with van der Waals surface area (Å²) in [5.41, 5.74) is 1.86. The third kappa shape index (κ3) is 3.78. The molecule has 0 radical (unpaired) electrons. The van der Waals surface area contributed by atoms with Gasteiger partial charge >= 0.3 is 11.7 Å². The van der Waals surface area contributed by atoms with Crippen molar-refractivity contribution in [3.05, 3.63) is 59.0 Å². The largest absolute Gasteiger partial charge is 0.443 e. The van der Waals surface area contributed by atoms with Gasteiger partial charge in [0.2, 0.25) is 0 Å². The van der Waals surface area contributed by atoms with Crippen molar-refractivity contribution in [3.63, 3.8) is 0 Å². The molecule has 0 aliphatic carbocycles. The molecule has 2 heterocycles. The number of fused-ring (bicyclic) bond motifs is 2. The highest BCUT2D eigenvalue weighted by atomic mass is 16.6. The van der Waals surface area contributed by atoms with Gasteiger partial charge in [0.05, 0.1) is 16.7 Å². The van der Waals surface area contributed by atoms with Gasteiger partial charge in [0.1, 0.15) is 22.6 Å². The van der Waals surface area contributed by atoms with Crippen molar-refractivity contribution >= 4 is 33.8 Å². The van der Waals surface area contributed by atoms with Crippen LogP contribution in [-0.4, -0.2) is 28.2 Å². The minimum Gasteiger partial charge on any atom is -0.443 e. The van der Waals surface area contributed by atoms with Crippen molar-refractivity contribution in [2.75, 3.05) is 11.4 Å².